The zero-order valence-electron chi connectivity index (χ0n) is 17.6. The number of nitrogens with zero attached hydrogens (tertiary/aromatic N) is 2. The van der Waals surface area contributed by atoms with Crippen molar-refractivity contribution in [2.45, 2.75) is 24.9 Å². The van der Waals surface area contributed by atoms with E-state index < -0.39 is 0 Å². The van der Waals surface area contributed by atoms with E-state index in [1.807, 2.05) is 11.0 Å². The van der Waals surface area contributed by atoms with E-state index in [1.54, 1.807) is 13.2 Å². The lowest BCUT2D eigenvalue weighted by Gasteiger charge is -2.38. The summed E-state index contributed by atoms with van der Waals surface area (Å²) in [6.07, 6.45) is 2.33. The fourth-order valence-corrected chi connectivity index (χ4v) is 4.95. The standard InChI is InChI=1S/C25H30N2O3/c1-3-14-30-25(28)26-13-12-24-23(18-26)22(20-10-7-11-21(15-20)29-2)17-27(24)16-19-8-5-4-6-9-19/h3-11,15,22-24H,1,12-14,16-18H2,2H3/t22-,23-,24-/m1/s1. The summed E-state index contributed by atoms with van der Waals surface area (Å²) in [6, 6.07) is 19.5. The van der Waals surface area contributed by atoms with E-state index in [1.165, 1.54) is 11.1 Å². The minimum absolute atomic E-state index is 0.237. The van der Waals surface area contributed by atoms with Crippen LogP contribution in [0.3, 0.4) is 0 Å². The zero-order chi connectivity index (χ0) is 20.9. The second-order valence-corrected chi connectivity index (χ2v) is 8.13. The first kappa shape index (κ1) is 20.5. The van der Waals surface area contributed by atoms with Gasteiger partial charge in [0.1, 0.15) is 12.4 Å². The Balaban J connectivity index is 1.57. The molecule has 2 aliphatic heterocycles. The number of amides is 1. The van der Waals surface area contributed by atoms with Crippen molar-refractivity contribution < 1.29 is 14.3 Å². The van der Waals surface area contributed by atoms with Gasteiger partial charge in [0.15, 0.2) is 0 Å². The molecule has 2 saturated heterocycles. The van der Waals surface area contributed by atoms with Gasteiger partial charge in [-0.1, -0.05) is 55.1 Å². The summed E-state index contributed by atoms with van der Waals surface area (Å²) in [4.78, 5) is 16.9. The molecule has 2 aromatic carbocycles. The molecular weight excluding hydrogens is 376 g/mol. The number of hydrogen-bond acceptors (Lipinski definition) is 4. The monoisotopic (exact) mass is 406 g/mol. The number of piperidine rings is 1. The van der Waals surface area contributed by atoms with Crippen molar-refractivity contribution in [3.05, 3.63) is 78.4 Å². The van der Waals surface area contributed by atoms with E-state index in [-0.39, 0.29) is 12.7 Å². The minimum Gasteiger partial charge on any atom is -0.497 e. The number of ether oxygens (including phenoxy) is 2. The van der Waals surface area contributed by atoms with Crippen LogP contribution in [-0.4, -0.2) is 55.3 Å². The van der Waals surface area contributed by atoms with Crippen molar-refractivity contribution in [1.82, 2.24) is 9.80 Å². The van der Waals surface area contributed by atoms with Crippen molar-refractivity contribution in [3.63, 3.8) is 0 Å². The predicted octanol–water partition coefficient (Wildman–Crippen LogP) is 4.31. The third-order valence-corrected chi connectivity index (χ3v) is 6.37. The molecule has 2 aliphatic rings. The van der Waals surface area contributed by atoms with Crippen molar-refractivity contribution in [3.8, 4) is 5.75 Å². The van der Waals surface area contributed by atoms with E-state index in [0.717, 1.165) is 31.8 Å². The van der Waals surface area contributed by atoms with Gasteiger partial charge in [0, 0.05) is 44.1 Å². The molecule has 4 rings (SSSR count). The summed E-state index contributed by atoms with van der Waals surface area (Å²) in [5, 5.41) is 0. The number of methoxy groups -OCH3 is 1. The summed E-state index contributed by atoms with van der Waals surface area (Å²) >= 11 is 0. The van der Waals surface area contributed by atoms with Crippen LogP contribution in [0.2, 0.25) is 0 Å². The van der Waals surface area contributed by atoms with Crippen LogP contribution in [0, 0.1) is 5.92 Å². The van der Waals surface area contributed by atoms with Gasteiger partial charge in [-0.3, -0.25) is 4.90 Å². The van der Waals surface area contributed by atoms with Crippen LogP contribution in [0.25, 0.3) is 0 Å². The van der Waals surface area contributed by atoms with E-state index in [2.05, 4.69) is 60.0 Å². The van der Waals surface area contributed by atoms with Crippen molar-refractivity contribution in [2.75, 3.05) is 33.4 Å². The molecule has 2 heterocycles. The number of hydrogen-bond donors (Lipinski definition) is 0. The molecular formula is C25H30N2O3. The van der Waals surface area contributed by atoms with Crippen molar-refractivity contribution in [1.29, 1.82) is 0 Å². The Morgan fingerprint density at radius 1 is 1.17 bits per heavy atom. The third-order valence-electron chi connectivity index (χ3n) is 6.37. The molecule has 0 aliphatic carbocycles. The molecule has 5 heteroatoms. The van der Waals surface area contributed by atoms with Crippen LogP contribution >= 0.6 is 0 Å². The SMILES string of the molecule is C=CCOC(=O)N1CC[C@@H]2[C@H](C1)[C@@H](c1cccc(OC)c1)CN2Cc1ccccc1. The van der Waals surface area contributed by atoms with Gasteiger partial charge < -0.3 is 14.4 Å². The molecule has 0 N–H and O–H groups in total. The Kier molecular flexibility index (Phi) is 6.38. The zero-order valence-corrected chi connectivity index (χ0v) is 17.6. The number of rotatable bonds is 6. The lowest BCUT2D eigenvalue weighted by Crippen LogP contribution is -2.48. The number of fused-ring (bicyclic) bond motifs is 1. The highest BCUT2D eigenvalue weighted by Gasteiger charge is 2.46. The highest BCUT2D eigenvalue weighted by atomic mass is 16.6. The summed E-state index contributed by atoms with van der Waals surface area (Å²) < 4.78 is 10.8. The Morgan fingerprint density at radius 2 is 2.00 bits per heavy atom. The number of carbonyl (C=O) groups is 1. The quantitative estimate of drug-likeness (QED) is 0.671. The van der Waals surface area contributed by atoms with Gasteiger partial charge in [0.2, 0.25) is 0 Å². The summed E-state index contributed by atoms with van der Waals surface area (Å²) in [5.41, 5.74) is 2.61. The van der Waals surface area contributed by atoms with Gasteiger partial charge in [-0.25, -0.2) is 4.79 Å². The summed E-state index contributed by atoms with van der Waals surface area (Å²) in [5.74, 6) is 1.60. The fraction of sp³-hybridized carbons (Fsp3) is 0.400. The molecule has 0 unspecified atom stereocenters. The number of likely N-dealkylation sites (tertiary alicyclic amines) is 2. The van der Waals surface area contributed by atoms with Crippen molar-refractivity contribution in [2.24, 2.45) is 5.92 Å². The average Bonchev–Trinajstić information content (AvgIpc) is 3.15. The van der Waals surface area contributed by atoms with Crippen molar-refractivity contribution >= 4 is 6.09 Å². The largest absolute Gasteiger partial charge is 0.497 e. The second kappa shape index (κ2) is 9.35. The van der Waals surface area contributed by atoms with Gasteiger partial charge in [0.25, 0.3) is 0 Å². The Hall–Kier alpha value is -2.79. The van der Waals surface area contributed by atoms with Gasteiger partial charge in [-0.15, -0.1) is 0 Å². The molecule has 0 spiro atoms. The van der Waals surface area contributed by atoms with Crippen LogP contribution in [-0.2, 0) is 11.3 Å². The highest BCUT2D eigenvalue weighted by Crippen LogP contribution is 2.42. The summed E-state index contributed by atoms with van der Waals surface area (Å²) in [6.45, 7) is 7.25. The van der Waals surface area contributed by atoms with Gasteiger partial charge in [-0.05, 0) is 29.7 Å². The van der Waals surface area contributed by atoms with E-state index in [9.17, 15) is 4.79 Å². The second-order valence-electron chi connectivity index (χ2n) is 8.13. The molecule has 5 nitrogen and oxygen atoms in total. The van der Waals surface area contributed by atoms with E-state index in [4.69, 9.17) is 9.47 Å². The van der Waals surface area contributed by atoms with E-state index in [0.29, 0.717) is 24.4 Å². The smallest absolute Gasteiger partial charge is 0.410 e. The van der Waals surface area contributed by atoms with Crippen LogP contribution in [0.1, 0.15) is 23.5 Å². The summed E-state index contributed by atoms with van der Waals surface area (Å²) in [7, 11) is 1.70. The van der Waals surface area contributed by atoms with Crippen LogP contribution in [0.5, 0.6) is 5.75 Å². The Bertz CT molecular complexity index is 870. The molecule has 1 amide bonds. The number of benzene rings is 2. The molecule has 2 fully saturated rings. The maximum absolute atomic E-state index is 12.5. The van der Waals surface area contributed by atoms with Crippen LogP contribution < -0.4 is 4.74 Å². The lowest BCUT2D eigenvalue weighted by molar-refractivity contribution is 0.0723. The molecule has 0 bridgehead atoms. The van der Waals surface area contributed by atoms with Gasteiger partial charge in [0.05, 0.1) is 7.11 Å². The number of carbonyl (C=O) groups excluding carboxylic acids is 1. The molecule has 0 radical (unpaired) electrons. The molecule has 2 aromatic rings. The van der Waals surface area contributed by atoms with E-state index >= 15 is 0 Å². The maximum atomic E-state index is 12.5. The molecule has 30 heavy (non-hydrogen) atoms. The Morgan fingerprint density at radius 3 is 2.77 bits per heavy atom. The minimum atomic E-state index is -0.237. The topological polar surface area (TPSA) is 42.0 Å². The first-order valence-electron chi connectivity index (χ1n) is 10.6. The van der Waals surface area contributed by atoms with Gasteiger partial charge >= 0.3 is 6.09 Å². The Labute approximate surface area is 178 Å². The van der Waals surface area contributed by atoms with Crippen LogP contribution in [0.15, 0.2) is 67.3 Å². The highest BCUT2D eigenvalue weighted by molar-refractivity contribution is 5.68. The molecule has 158 valence electrons. The van der Waals surface area contributed by atoms with Gasteiger partial charge in [-0.2, -0.15) is 0 Å². The normalized spacial score (nSPS) is 23.6. The molecule has 3 atom stereocenters. The third kappa shape index (κ3) is 4.36. The average molecular weight is 407 g/mol. The molecule has 0 aromatic heterocycles. The predicted molar refractivity (Wildman–Crippen MR) is 118 cm³/mol. The lowest BCUT2D eigenvalue weighted by atomic mass is 9.82. The first-order chi connectivity index (χ1) is 14.7. The maximum Gasteiger partial charge on any atom is 0.410 e. The first-order valence-corrected chi connectivity index (χ1v) is 10.6. The molecule has 0 saturated carbocycles. The fourth-order valence-electron chi connectivity index (χ4n) is 4.95. The van der Waals surface area contributed by atoms with Crippen LogP contribution in [0.4, 0.5) is 4.79 Å².